The molecule has 0 aliphatic heterocycles. The predicted octanol–water partition coefficient (Wildman–Crippen LogP) is 1.18. The van der Waals surface area contributed by atoms with Gasteiger partial charge in [0.05, 0.1) is 17.8 Å². The molecule has 0 aromatic carbocycles. The van der Waals surface area contributed by atoms with Gasteiger partial charge in [-0.2, -0.15) is 0 Å². The smallest absolute Gasteiger partial charge is 0.152 e. The number of aliphatic hydroxyl groups is 1. The maximum Gasteiger partial charge on any atom is 0.152 e. The van der Waals surface area contributed by atoms with Crippen molar-refractivity contribution in [2.24, 2.45) is 0 Å². The van der Waals surface area contributed by atoms with E-state index in [1.165, 1.54) is 0 Å². The number of hydrogen-bond acceptors (Lipinski definition) is 4. The third-order valence-corrected chi connectivity index (χ3v) is 2.66. The van der Waals surface area contributed by atoms with Gasteiger partial charge in [-0.05, 0) is 32.9 Å². The van der Waals surface area contributed by atoms with Crippen LogP contribution in [0.15, 0.2) is 12.1 Å². The van der Waals surface area contributed by atoms with Gasteiger partial charge in [-0.15, -0.1) is 0 Å². The molecule has 4 nitrogen and oxygen atoms in total. The van der Waals surface area contributed by atoms with Gasteiger partial charge in [0.1, 0.15) is 0 Å². The fraction of sp³-hybridized carbons (Fsp3) is 0.545. The molecule has 0 atom stereocenters. The summed E-state index contributed by atoms with van der Waals surface area (Å²) in [7, 11) is 1.88. The van der Waals surface area contributed by atoms with Gasteiger partial charge in [0.15, 0.2) is 5.82 Å². The van der Waals surface area contributed by atoms with E-state index in [1.54, 1.807) is 0 Å². The third-order valence-electron chi connectivity index (χ3n) is 2.66. The van der Waals surface area contributed by atoms with Gasteiger partial charge < -0.3 is 15.7 Å². The zero-order valence-corrected chi connectivity index (χ0v) is 9.78. The molecule has 0 radical (unpaired) electrons. The van der Waals surface area contributed by atoms with Crippen molar-refractivity contribution in [2.45, 2.75) is 26.3 Å². The van der Waals surface area contributed by atoms with E-state index in [1.807, 2.05) is 44.9 Å². The molecule has 0 spiro atoms. The Morgan fingerprint density at radius 1 is 1.47 bits per heavy atom. The Morgan fingerprint density at radius 3 is 2.60 bits per heavy atom. The topological polar surface area (TPSA) is 62.4 Å². The minimum Gasteiger partial charge on any atom is -0.396 e. The van der Waals surface area contributed by atoms with Crippen LogP contribution in [-0.2, 0) is 0 Å². The SMILES string of the molecule is Cc1ccc(N)c(N(C)C(C)(C)CO)n1. The Hall–Kier alpha value is -1.29. The third kappa shape index (κ3) is 2.39. The first kappa shape index (κ1) is 11.8. The summed E-state index contributed by atoms with van der Waals surface area (Å²) in [6, 6.07) is 3.71. The molecule has 0 aliphatic carbocycles. The van der Waals surface area contributed by atoms with Crippen LogP contribution in [0.2, 0.25) is 0 Å². The fourth-order valence-corrected chi connectivity index (χ4v) is 1.22. The van der Waals surface area contributed by atoms with Crippen LogP contribution in [0, 0.1) is 6.92 Å². The summed E-state index contributed by atoms with van der Waals surface area (Å²) < 4.78 is 0. The highest BCUT2D eigenvalue weighted by molar-refractivity contribution is 5.63. The number of nitrogen functional groups attached to an aromatic ring is 1. The molecule has 0 saturated heterocycles. The van der Waals surface area contributed by atoms with Gasteiger partial charge in [-0.25, -0.2) is 4.98 Å². The van der Waals surface area contributed by atoms with Gasteiger partial charge in [0.2, 0.25) is 0 Å². The Morgan fingerprint density at radius 2 is 2.07 bits per heavy atom. The number of hydrogen-bond donors (Lipinski definition) is 2. The van der Waals surface area contributed by atoms with E-state index in [2.05, 4.69) is 4.98 Å². The molecule has 84 valence electrons. The Bertz CT molecular complexity index is 350. The summed E-state index contributed by atoms with van der Waals surface area (Å²) >= 11 is 0. The Kier molecular flexibility index (Phi) is 3.19. The number of aryl methyl sites for hydroxylation is 1. The van der Waals surface area contributed by atoms with Crippen molar-refractivity contribution in [3.63, 3.8) is 0 Å². The second kappa shape index (κ2) is 4.06. The van der Waals surface area contributed by atoms with Crippen LogP contribution >= 0.6 is 0 Å². The lowest BCUT2D eigenvalue weighted by molar-refractivity contribution is 0.215. The molecule has 1 heterocycles. The monoisotopic (exact) mass is 209 g/mol. The minimum atomic E-state index is -0.366. The molecule has 3 N–H and O–H groups in total. The van der Waals surface area contributed by atoms with Gasteiger partial charge >= 0.3 is 0 Å². The number of aromatic nitrogens is 1. The number of anilines is 2. The molecular weight excluding hydrogens is 190 g/mol. The van der Waals surface area contributed by atoms with Crippen molar-refractivity contribution in [3.05, 3.63) is 17.8 Å². The molecule has 1 rings (SSSR count). The average molecular weight is 209 g/mol. The highest BCUT2D eigenvalue weighted by Crippen LogP contribution is 2.25. The lowest BCUT2D eigenvalue weighted by atomic mass is 10.1. The van der Waals surface area contributed by atoms with Gasteiger partial charge in [0, 0.05) is 12.7 Å². The maximum absolute atomic E-state index is 9.28. The van der Waals surface area contributed by atoms with Crippen LogP contribution in [0.1, 0.15) is 19.5 Å². The van der Waals surface area contributed by atoms with Gasteiger partial charge in [-0.1, -0.05) is 0 Å². The number of nitrogens with two attached hydrogens (primary N) is 1. The second-order valence-electron chi connectivity index (χ2n) is 4.40. The number of rotatable bonds is 3. The number of pyridine rings is 1. The zero-order valence-electron chi connectivity index (χ0n) is 9.78. The predicted molar refractivity (Wildman–Crippen MR) is 63.0 cm³/mol. The van der Waals surface area contributed by atoms with Crippen LogP contribution in [0.25, 0.3) is 0 Å². The average Bonchev–Trinajstić information content (AvgIpc) is 2.20. The van der Waals surface area contributed by atoms with Crippen molar-refractivity contribution in [1.29, 1.82) is 0 Å². The molecule has 4 heteroatoms. The molecular formula is C11H19N3O. The van der Waals surface area contributed by atoms with Crippen molar-refractivity contribution in [3.8, 4) is 0 Å². The van der Waals surface area contributed by atoms with Crippen LogP contribution in [0.3, 0.4) is 0 Å². The first-order chi connectivity index (χ1) is 6.88. The zero-order chi connectivity index (χ0) is 11.6. The van der Waals surface area contributed by atoms with Crippen LogP contribution in [0.4, 0.5) is 11.5 Å². The van der Waals surface area contributed by atoms with Crippen LogP contribution < -0.4 is 10.6 Å². The molecule has 0 aliphatic rings. The molecule has 0 fully saturated rings. The van der Waals surface area contributed by atoms with Crippen molar-refractivity contribution in [2.75, 3.05) is 24.3 Å². The van der Waals surface area contributed by atoms with E-state index in [9.17, 15) is 5.11 Å². The van der Waals surface area contributed by atoms with E-state index in [4.69, 9.17) is 5.73 Å². The summed E-state index contributed by atoms with van der Waals surface area (Å²) in [5.74, 6) is 0.717. The minimum absolute atomic E-state index is 0.0541. The van der Waals surface area contributed by atoms with E-state index in [0.717, 1.165) is 5.69 Å². The summed E-state index contributed by atoms with van der Waals surface area (Å²) in [4.78, 5) is 6.27. The van der Waals surface area contributed by atoms with E-state index >= 15 is 0 Å². The second-order valence-corrected chi connectivity index (χ2v) is 4.40. The molecule has 0 bridgehead atoms. The molecule has 1 aromatic heterocycles. The maximum atomic E-state index is 9.28. The normalized spacial score (nSPS) is 11.5. The lowest BCUT2D eigenvalue weighted by Gasteiger charge is -2.35. The van der Waals surface area contributed by atoms with E-state index in [0.29, 0.717) is 11.5 Å². The molecule has 1 aromatic rings. The van der Waals surface area contributed by atoms with Crippen LogP contribution in [0.5, 0.6) is 0 Å². The Balaban J connectivity index is 3.10. The number of likely N-dealkylation sites (N-methyl/N-ethyl adjacent to an activating group) is 1. The summed E-state index contributed by atoms with van der Waals surface area (Å²) in [5, 5.41) is 9.28. The van der Waals surface area contributed by atoms with Crippen molar-refractivity contribution in [1.82, 2.24) is 4.98 Å². The van der Waals surface area contributed by atoms with Gasteiger partial charge in [0.25, 0.3) is 0 Å². The first-order valence-corrected chi connectivity index (χ1v) is 4.96. The molecule has 0 unspecified atom stereocenters. The van der Waals surface area contributed by atoms with Crippen molar-refractivity contribution >= 4 is 11.5 Å². The van der Waals surface area contributed by atoms with Crippen molar-refractivity contribution < 1.29 is 5.11 Å². The molecule has 0 amide bonds. The highest BCUT2D eigenvalue weighted by Gasteiger charge is 2.25. The first-order valence-electron chi connectivity index (χ1n) is 4.96. The molecule has 0 saturated carbocycles. The number of aliphatic hydroxyl groups excluding tert-OH is 1. The Labute approximate surface area is 90.7 Å². The standard InChI is InChI=1S/C11H19N3O/c1-8-5-6-9(12)10(13-8)14(4)11(2,3)7-15/h5-6,15H,7,12H2,1-4H3. The summed E-state index contributed by atoms with van der Waals surface area (Å²) in [6.07, 6.45) is 0. The summed E-state index contributed by atoms with van der Waals surface area (Å²) in [5.41, 5.74) is 7.04. The van der Waals surface area contributed by atoms with Crippen LogP contribution in [-0.4, -0.2) is 29.3 Å². The quantitative estimate of drug-likeness (QED) is 0.784. The van der Waals surface area contributed by atoms with Gasteiger partial charge in [-0.3, -0.25) is 0 Å². The van der Waals surface area contributed by atoms with E-state index < -0.39 is 0 Å². The largest absolute Gasteiger partial charge is 0.396 e. The highest BCUT2D eigenvalue weighted by atomic mass is 16.3. The summed E-state index contributed by atoms with van der Waals surface area (Å²) in [6.45, 7) is 5.86. The molecule has 15 heavy (non-hydrogen) atoms. The number of nitrogens with zero attached hydrogens (tertiary/aromatic N) is 2. The lowest BCUT2D eigenvalue weighted by Crippen LogP contribution is -2.45. The van der Waals surface area contributed by atoms with E-state index in [-0.39, 0.29) is 12.1 Å². The fourth-order valence-electron chi connectivity index (χ4n) is 1.22.